The van der Waals surface area contributed by atoms with Gasteiger partial charge < -0.3 is 16.0 Å². The normalized spacial score (nSPS) is 20.6. The van der Waals surface area contributed by atoms with Crippen molar-refractivity contribution in [3.63, 3.8) is 0 Å². The molecule has 122 valence electrons. The molecule has 1 saturated heterocycles. The van der Waals surface area contributed by atoms with Crippen LogP contribution in [0, 0.1) is 0 Å². The Hall–Kier alpha value is -1.43. The van der Waals surface area contributed by atoms with Crippen molar-refractivity contribution in [2.75, 3.05) is 30.7 Å². The van der Waals surface area contributed by atoms with Gasteiger partial charge in [0.2, 0.25) is 0 Å². The molecule has 22 heavy (non-hydrogen) atoms. The van der Waals surface area contributed by atoms with E-state index in [0.717, 1.165) is 31.7 Å². The van der Waals surface area contributed by atoms with Crippen molar-refractivity contribution in [3.05, 3.63) is 24.4 Å². The molecule has 2 heterocycles. The number of nitrogens with zero attached hydrogens (tertiary/aromatic N) is 1. The SMILES string of the molecule is CC1(CNC(=O)NCCCCNc2ccccn2)CCCS1. The van der Waals surface area contributed by atoms with Crippen LogP contribution in [0.3, 0.4) is 0 Å². The maximum Gasteiger partial charge on any atom is 0.314 e. The largest absolute Gasteiger partial charge is 0.370 e. The van der Waals surface area contributed by atoms with Crippen molar-refractivity contribution >= 4 is 23.6 Å². The van der Waals surface area contributed by atoms with Gasteiger partial charge >= 0.3 is 6.03 Å². The van der Waals surface area contributed by atoms with Crippen LogP contribution < -0.4 is 16.0 Å². The molecule has 0 aliphatic carbocycles. The molecular weight excluding hydrogens is 296 g/mol. The molecule has 2 amide bonds. The standard InChI is InChI=1S/C16H26N4OS/c1-16(8-6-12-22-16)13-20-15(21)19-11-5-4-10-18-14-7-2-3-9-17-14/h2-3,7,9H,4-6,8,10-13H2,1H3,(H,17,18)(H2,19,20,21). The second kappa shape index (κ2) is 8.88. The van der Waals surface area contributed by atoms with Crippen LogP contribution in [-0.2, 0) is 0 Å². The Morgan fingerprint density at radius 1 is 1.32 bits per heavy atom. The fraction of sp³-hybridized carbons (Fsp3) is 0.625. The minimum Gasteiger partial charge on any atom is -0.370 e. The van der Waals surface area contributed by atoms with E-state index in [1.807, 2.05) is 30.0 Å². The number of urea groups is 1. The number of aromatic nitrogens is 1. The van der Waals surface area contributed by atoms with E-state index in [1.54, 1.807) is 6.20 Å². The Balaban J connectivity index is 1.47. The van der Waals surface area contributed by atoms with Gasteiger partial charge in [-0.3, -0.25) is 0 Å². The second-order valence-electron chi connectivity index (χ2n) is 5.86. The fourth-order valence-corrected chi connectivity index (χ4v) is 3.69. The Morgan fingerprint density at radius 3 is 2.91 bits per heavy atom. The first-order chi connectivity index (χ1) is 10.7. The summed E-state index contributed by atoms with van der Waals surface area (Å²) < 4.78 is 0.226. The number of amides is 2. The van der Waals surface area contributed by atoms with Gasteiger partial charge in [0.05, 0.1) is 0 Å². The molecule has 0 radical (unpaired) electrons. The molecule has 2 rings (SSSR count). The van der Waals surface area contributed by atoms with Gasteiger partial charge in [0.25, 0.3) is 0 Å². The van der Waals surface area contributed by atoms with Crippen molar-refractivity contribution in [1.29, 1.82) is 0 Å². The summed E-state index contributed by atoms with van der Waals surface area (Å²) in [4.78, 5) is 15.9. The monoisotopic (exact) mass is 322 g/mol. The fourth-order valence-electron chi connectivity index (χ4n) is 2.44. The number of unbranched alkanes of at least 4 members (excludes halogenated alkanes) is 1. The summed E-state index contributed by atoms with van der Waals surface area (Å²) >= 11 is 1.96. The summed E-state index contributed by atoms with van der Waals surface area (Å²) in [6, 6.07) is 5.77. The van der Waals surface area contributed by atoms with Crippen LogP contribution in [0.1, 0.15) is 32.6 Å². The Labute approximate surface area is 137 Å². The summed E-state index contributed by atoms with van der Waals surface area (Å²) in [6.45, 7) is 4.56. The number of thioether (sulfide) groups is 1. The lowest BCUT2D eigenvalue weighted by molar-refractivity contribution is 0.239. The van der Waals surface area contributed by atoms with Gasteiger partial charge in [0.15, 0.2) is 0 Å². The Morgan fingerprint density at radius 2 is 2.18 bits per heavy atom. The quantitative estimate of drug-likeness (QED) is 0.644. The van der Waals surface area contributed by atoms with E-state index < -0.39 is 0 Å². The molecule has 0 saturated carbocycles. The number of carbonyl (C=O) groups excluding carboxylic acids is 1. The zero-order valence-corrected chi connectivity index (χ0v) is 14.0. The van der Waals surface area contributed by atoms with Crippen LogP contribution in [-0.4, -0.2) is 41.1 Å². The maximum atomic E-state index is 11.7. The highest BCUT2D eigenvalue weighted by atomic mass is 32.2. The van der Waals surface area contributed by atoms with Gasteiger partial charge in [-0.15, -0.1) is 0 Å². The molecule has 1 fully saturated rings. The molecular formula is C16H26N4OS. The topological polar surface area (TPSA) is 66.1 Å². The number of hydrogen-bond donors (Lipinski definition) is 3. The first-order valence-corrected chi connectivity index (χ1v) is 8.97. The predicted molar refractivity (Wildman–Crippen MR) is 93.5 cm³/mol. The minimum absolute atomic E-state index is 0.0496. The van der Waals surface area contributed by atoms with E-state index in [-0.39, 0.29) is 10.8 Å². The number of anilines is 1. The maximum absolute atomic E-state index is 11.7. The number of nitrogens with one attached hydrogen (secondary N) is 3. The van der Waals surface area contributed by atoms with Crippen LogP contribution in [0.4, 0.5) is 10.6 Å². The van der Waals surface area contributed by atoms with E-state index in [4.69, 9.17) is 0 Å². The minimum atomic E-state index is -0.0496. The molecule has 1 unspecified atom stereocenters. The zero-order chi connectivity index (χ0) is 15.7. The van der Waals surface area contributed by atoms with Crippen molar-refractivity contribution in [2.45, 2.75) is 37.4 Å². The van der Waals surface area contributed by atoms with Gasteiger partial charge in [0.1, 0.15) is 5.82 Å². The summed E-state index contributed by atoms with van der Waals surface area (Å²) in [5.74, 6) is 2.11. The summed E-state index contributed by atoms with van der Waals surface area (Å²) in [5.41, 5.74) is 0. The lowest BCUT2D eigenvalue weighted by Gasteiger charge is -2.22. The number of rotatable bonds is 8. The lowest BCUT2D eigenvalue weighted by atomic mass is 10.1. The van der Waals surface area contributed by atoms with E-state index >= 15 is 0 Å². The third-order valence-corrected chi connectivity index (χ3v) is 5.32. The van der Waals surface area contributed by atoms with Crippen molar-refractivity contribution < 1.29 is 4.79 Å². The number of pyridine rings is 1. The van der Waals surface area contributed by atoms with E-state index in [2.05, 4.69) is 27.9 Å². The van der Waals surface area contributed by atoms with Gasteiger partial charge in [-0.05, 0) is 50.5 Å². The first-order valence-electron chi connectivity index (χ1n) is 7.99. The van der Waals surface area contributed by atoms with Gasteiger partial charge in [-0.25, -0.2) is 9.78 Å². The summed E-state index contributed by atoms with van der Waals surface area (Å²) in [7, 11) is 0. The first kappa shape index (κ1) is 16.9. The highest BCUT2D eigenvalue weighted by Crippen LogP contribution is 2.36. The van der Waals surface area contributed by atoms with E-state index in [0.29, 0.717) is 6.54 Å². The van der Waals surface area contributed by atoms with Crippen LogP contribution in [0.5, 0.6) is 0 Å². The molecule has 3 N–H and O–H groups in total. The molecule has 1 aromatic rings. The summed E-state index contributed by atoms with van der Waals surface area (Å²) in [6.07, 6.45) is 6.19. The zero-order valence-electron chi connectivity index (χ0n) is 13.2. The van der Waals surface area contributed by atoms with Crippen molar-refractivity contribution in [2.24, 2.45) is 0 Å². The van der Waals surface area contributed by atoms with Gasteiger partial charge in [-0.2, -0.15) is 11.8 Å². The molecule has 0 bridgehead atoms. The predicted octanol–water partition coefficient (Wildman–Crippen LogP) is 2.86. The second-order valence-corrected chi connectivity index (χ2v) is 7.54. The highest BCUT2D eigenvalue weighted by molar-refractivity contribution is 8.00. The molecule has 1 aliphatic rings. The van der Waals surface area contributed by atoms with Crippen LogP contribution in [0.2, 0.25) is 0 Å². The van der Waals surface area contributed by atoms with E-state index in [1.165, 1.54) is 18.6 Å². The van der Waals surface area contributed by atoms with Gasteiger partial charge in [0, 0.05) is 30.6 Å². The summed E-state index contributed by atoms with van der Waals surface area (Å²) in [5, 5.41) is 9.16. The number of hydrogen-bond acceptors (Lipinski definition) is 4. The van der Waals surface area contributed by atoms with Crippen LogP contribution in [0.15, 0.2) is 24.4 Å². The van der Waals surface area contributed by atoms with Crippen molar-refractivity contribution in [1.82, 2.24) is 15.6 Å². The number of carbonyl (C=O) groups is 1. The van der Waals surface area contributed by atoms with Crippen LogP contribution in [0.25, 0.3) is 0 Å². The molecule has 0 spiro atoms. The third-order valence-electron chi connectivity index (χ3n) is 3.78. The molecule has 5 nitrogen and oxygen atoms in total. The average molecular weight is 322 g/mol. The van der Waals surface area contributed by atoms with E-state index in [9.17, 15) is 4.79 Å². The molecule has 6 heteroatoms. The van der Waals surface area contributed by atoms with Gasteiger partial charge in [-0.1, -0.05) is 6.07 Å². The molecule has 1 aromatic heterocycles. The van der Waals surface area contributed by atoms with Crippen molar-refractivity contribution in [3.8, 4) is 0 Å². The molecule has 0 aromatic carbocycles. The average Bonchev–Trinajstić information content (AvgIpc) is 2.97. The van der Waals surface area contributed by atoms with Crippen LogP contribution >= 0.6 is 11.8 Å². The smallest absolute Gasteiger partial charge is 0.314 e. The third kappa shape index (κ3) is 6.13. The Kier molecular flexibility index (Phi) is 6.83. The molecule has 1 atom stereocenters. The highest BCUT2D eigenvalue weighted by Gasteiger charge is 2.29. The Bertz CT molecular complexity index is 449. The molecule has 1 aliphatic heterocycles. The lowest BCUT2D eigenvalue weighted by Crippen LogP contribution is -2.42.